The molecule has 3 aromatic carbocycles. The number of hydrogen-bond donors (Lipinski definition) is 8. The normalized spacial score (nSPS) is 19.6. The largest absolute Gasteiger partial charge is 0.495 e. The van der Waals surface area contributed by atoms with Crippen molar-refractivity contribution in [3.8, 4) is 68.3 Å². The standard InChI is InChI=1S/C27H28Cl2N6O5.C23H24F2N6O4.C22H22Cl2N6O4/c1-4-21(36)31-17-11-39-12-18(17)33-27-30-8-13-5-16(22-23(28)19(37-2)7-20(38-3)24(22)29)32-26(25(13)34-27)35-9-15-6-14(35)10-40-15;1-5-17(32)28-13-9-35-10-14(13)30-23-27-8-11-6-12(29-22(26-2)21(11)31-23)18-19(24)15(33-3)7-16(34-4)20(18)25;1-4-16(31)27-12-8-34-9-13(12)29-22-26-7-10-5-11(28-21(25)20(10)30-22)17-18(23)14(32-2)6-15(33-3)19(17)24/h4-5,7-8,14-15,17-18H,1,6,9-12H2,2-3H3,(H,31,36)(H,30,33,34);5-8,13-14H,1,9-10H2,2-4H3,(H,26,29)(H,28,32)(H,27,30,31);4-7,12-13H,1,8-9H2,2-3H3,(H2,25,28)(H,27,31)(H,26,29,30)/t14?,15?,17-,18+;13-,14+;12-,13+/m000/s1. The van der Waals surface area contributed by atoms with Crippen LogP contribution in [0.15, 0.2) is 93.0 Å². The molecule has 572 valence electrons. The Kier molecular flexibility index (Phi) is 24.4. The van der Waals surface area contributed by atoms with Gasteiger partial charge in [-0.2, -0.15) is 0 Å². The number of carbonyl (C=O) groups excluding carboxylic acids is 3. The van der Waals surface area contributed by atoms with Crippen LogP contribution in [0.1, 0.15) is 6.42 Å². The maximum Gasteiger partial charge on any atom is 0.243 e. The molecule has 109 heavy (non-hydrogen) atoms. The first-order valence-corrected chi connectivity index (χ1v) is 35.1. The van der Waals surface area contributed by atoms with Crippen LogP contribution in [0.2, 0.25) is 20.1 Å². The first-order chi connectivity index (χ1) is 52.6. The van der Waals surface area contributed by atoms with Crippen LogP contribution >= 0.6 is 46.4 Å². The summed E-state index contributed by atoms with van der Waals surface area (Å²) in [6.07, 6.45) is 9.55. The number of nitrogens with one attached hydrogen (secondary N) is 7. The van der Waals surface area contributed by atoms with Crippen molar-refractivity contribution in [1.29, 1.82) is 0 Å². The number of aromatic nitrogens is 9. The van der Waals surface area contributed by atoms with Gasteiger partial charge in [-0.15, -0.1) is 0 Å². The Morgan fingerprint density at radius 2 is 0.862 bits per heavy atom. The third-order valence-corrected chi connectivity index (χ3v) is 19.8. The van der Waals surface area contributed by atoms with Gasteiger partial charge in [-0.05, 0) is 42.8 Å². The van der Waals surface area contributed by atoms with E-state index in [-0.39, 0.29) is 111 Å². The molecule has 3 amide bonds. The molecule has 9 aromatic rings. The molecule has 37 heteroatoms. The molecule has 8 atom stereocenters. The molecule has 0 spiro atoms. The molecule has 5 saturated heterocycles. The summed E-state index contributed by atoms with van der Waals surface area (Å²) in [7, 11) is 10.2. The van der Waals surface area contributed by atoms with Crippen molar-refractivity contribution in [2.45, 2.75) is 54.8 Å². The highest BCUT2D eigenvalue weighted by Gasteiger charge is 2.42. The molecule has 5 aliphatic rings. The molecule has 0 saturated carbocycles. The third kappa shape index (κ3) is 16.5. The molecule has 5 aliphatic heterocycles. The number of ether oxygens (including phenoxy) is 10. The fourth-order valence-electron chi connectivity index (χ4n) is 12.8. The van der Waals surface area contributed by atoms with E-state index in [1.807, 2.05) is 6.07 Å². The lowest BCUT2D eigenvalue weighted by molar-refractivity contribution is -0.118. The average Bonchev–Trinajstić information content (AvgIpc) is 1.74. The molecule has 11 heterocycles. The Morgan fingerprint density at radius 1 is 0.495 bits per heavy atom. The molecule has 31 nitrogen and oxygen atoms in total. The molecule has 14 rings (SSSR count). The minimum Gasteiger partial charge on any atom is -0.495 e. The summed E-state index contributed by atoms with van der Waals surface area (Å²) in [4.78, 5) is 78.5. The number of anilines is 6. The molecule has 0 aliphatic carbocycles. The first kappa shape index (κ1) is 77.8. The van der Waals surface area contributed by atoms with Crippen LogP contribution in [-0.4, -0.2) is 213 Å². The van der Waals surface area contributed by atoms with Crippen LogP contribution in [-0.2, 0) is 33.3 Å². The molecule has 0 radical (unpaired) electrons. The zero-order valence-corrected chi connectivity index (χ0v) is 62.7. The maximum absolute atomic E-state index is 15.0. The fourth-order valence-corrected chi connectivity index (χ4v) is 14.2. The highest BCUT2D eigenvalue weighted by Crippen LogP contribution is 2.49. The Hall–Kier alpha value is -10.8. The Morgan fingerprint density at radius 3 is 1.25 bits per heavy atom. The van der Waals surface area contributed by atoms with Gasteiger partial charge in [-0.1, -0.05) is 66.1 Å². The smallest absolute Gasteiger partial charge is 0.243 e. The highest BCUT2D eigenvalue weighted by molar-refractivity contribution is 6.42. The number of rotatable bonds is 23. The molecule has 9 N–H and O–H groups in total. The second-order valence-corrected chi connectivity index (χ2v) is 26.4. The number of pyridine rings is 3. The average molecular weight is 1580 g/mol. The predicted molar refractivity (Wildman–Crippen MR) is 408 cm³/mol. The monoisotopic (exact) mass is 1580 g/mol. The van der Waals surface area contributed by atoms with Crippen molar-refractivity contribution in [1.82, 2.24) is 60.8 Å². The van der Waals surface area contributed by atoms with Crippen LogP contribution in [0, 0.1) is 11.6 Å². The predicted octanol–water partition coefficient (Wildman–Crippen LogP) is 9.06. The summed E-state index contributed by atoms with van der Waals surface area (Å²) in [6, 6.07) is 8.10. The third-order valence-electron chi connectivity index (χ3n) is 18.3. The van der Waals surface area contributed by atoms with Crippen LogP contribution in [0.3, 0.4) is 0 Å². The number of nitrogens with zero attached hydrogens (tertiary/aromatic N) is 10. The first-order valence-electron chi connectivity index (χ1n) is 33.6. The lowest BCUT2D eigenvalue weighted by Crippen LogP contribution is -2.45. The van der Waals surface area contributed by atoms with Crippen molar-refractivity contribution >= 4 is 132 Å². The van der Waals surface area contributed by atoms with Gasteiger partial charge in [0.15, 0.2) is 40.6 Å². The zero-order valence-electron chi connectivity index (χ0n) is 59.7. The highest BCUT2D eigenvalue weighted by atomic mass is 35.5. The summed E-state index contributed by atoms with van der Waals surface area (Å²) in [5.41, 5.74) is 9.26. The van der Waals surface area contributed by atoms with Gasteiger partial charge in [0.25, 0.3) is 0 Å². The topological polar surface area (TPSA) is 373 Å². The number of fused-ring (bicyclic) bond motifs is 5. The van der Waals surface area contributed by atoms with E-state index in [1.54, 1.807) is 37.6 Å². The van der Waals surface area contributed by atoms with E-state index in [9.17, 15) is 14.4 Å². The Bertz CT molecular complexity index is 4940. The van der Waals surface area contributed by atoms with E-state index in [1.165, 1.54) is 73.2 Å². The number of nitrogen functional groups attached to an aromatic ring is 1. The van der Waals surface area contributed by atoms with Crippen molar-refractivity contribution in [2.75, 3.05) is 134 Å². The van der Waals surface area contributed by atoms with E-state index in [0.29, 0.717) is 153 Å². The zero-order chi connectivity index (χ0) is 77.5. The quantitative estimate of drug-likeness (QED) is 0.0277. The van der Waals surface area contributed by atoms with Gasteiger partial charge >= 0.3 is 0 Å². The van der Waals surface area contributed by atoms with Gasteiger partial charge in [-0.3, -0.25) is 14.4 Å². The number of benzene rings is 3. The van der Waals surface area contributed by atoms with Crippen LogP contribution in [0.5, 0.6) is 34.5 Å². The van der Waals surface area contributed by atoms with Gasteiger partial charge < -0.3 is 95.2 Å². The number of halogens is 6. The fraction of sp³-hybridized carbons (Fsp3) is 0.333. The minimum atomic E-state index is -0.909. The van der Waals surface area contributed by atoms with Crippen molar-refractivity contribution in [3.05, 3.63) is 125 Å². The molecule has 5 fully saturated rings. The Balaban J connectivity index is 0.000000153. The molecule has 2 bridgehead atoms. The van der Waals surface area contributed by atoms with Crippen molar-refractivity contribution in [2.24, 2.45) is 0 Å². The summed E-state index contributed by atoms with van der Waals surface area (Å²) in [6.45, 7) is 13.9. The van der Waals surface area contributed by atoms with E-state index < -0.39 is 17.2 Å². The van der Waals surface area contributed by atoms with Crippen LogP contribution < -0.4 is 76.3 Å². The van der Waals surface area contributed by atoms with E-state index in [4.69, 9.17) is 109 Å². The second kappa shape index (κ2) is 34.2. The number of hydrogen-bond acceptors (Lipinski definition) is 28. The van der Waals surface area contributed by atoms with Crippen molar-refractivity contribution < 1.29 is 70.5 Å². The number of amides is 3. The summed E-state index contributed by atoms with van der Waals surface area (Å²) in [5, 5.41) is 24.1. The number of morpholine rings is 1. The van der Waals surface area contributed by atoms with E-state index >= 15 is 8.78 Å². The van der Waals surface area contributed by atoms with E-state index in [2.05, 4.69) is 96.7 Å². The summed E-state index contributed by atoms with van der Waals surface area (Å²) >= 11 is 26.6. The number of nitrogens with two attached hydrogens (primary N) is 1. The number of carbonyl (C=O) groups is 3. The lowest BCUT2D eigenvalue weighted by atomic mass is 10.1. The van der Waals surface area contributed by atoms with E-state index in [0.717, 1.165) is 17.9 Å². The maximum atomic E-state index is 15.0. The number of methoxy groups -OCH3 is 6. The van der Waals surface area contributed by atoms with Gasteiger partial charge in [0.05, 0.1) is 180 Å². The minimum absolute atomic E-state index is 0.00903. The van der Waals surface area contributed by atoms with Gasteiger partial charge in [0, 0.05) is 77.7 Å². The summed E-state index contributed by atoms with van der Waals surface area (Å²) < 4.78 is 84.2. The SMILES string of the molecule is C=CC(=O)N[C@H]1COC[C@H]1Nc1ncc2cc(-c3c(Cl)c(OC)cc(OC)c3Cl)nc(N)c2n1.C=CC(=O)N[C@H]1COC[C@H]1Nc1ncc2cc(-c3c(Cl)c(OC)cc(OC)c3Cl)nc(N3CC4CC3CO4)c2n1.C=CC(=O)N[C@H]1COC[C@H]1Nc1ncc2cc(-c3c(F)c(OC)cc(OC)c3F)nc(NC)c2n1. The van der Waals surface area contributed by atoms with Gasteiger partial charge in [0.1, 0.15) is 39.5 Å². The second-order valence-electron chi connectivity index (χ2n) is 24.9. The van der Waals surface area contributed by atoms with Gasteiger partial charge in [-0.25, -0.2) is 53.6 Å². The molecular weight excluding hydrogens is 1500 g/mol. The summed E-state index contributed by atoms with van der Waals surface area (Å²) in [5.74, 6) is 0.675. The van der Waals surface area contributed by atoms with Crippen LogP contribution in [0.4, 0.5) is 44.1 Å². The van der Waals surface area contributed by atoms with Crippen molar-refractivity contribution in [3.63, 3.8) is 0 Å². The lowest BCUT2D eigenvalue weighted by Gasteiger charge is -2.29. The van der Waals surface area contributed by atoms with Crippen LogP contribution in [0.25, 0.3) is 66.5 Å². The van der Waals surface area contributed by atoms with Gasteiger partial charge in [0.2, 0.25) is 35.6 Å². The molecule has 2 unspecified atom stereocenters. The Labute approximate surface area is 642 Å². The molecule has 6 aromatic heterocycles. The molecular formula is C72H74Cl4F2N18O13.